The molecule has 0 bridgehead atoms. The van der Waals surface area contributed by atoms with E-state index in [-0.39, 0.29) is 0 Å². The van der Waals surface area contributed by atoms with Gasteiger partial charge in [0.2, 0.25) is 0 Å². The number of rotatable bonds is 2. The first-order valence-corrected chi connectivity index (χ1v) is 5.12. The minimum absolute atomic E-state index is 0.664. The van der Waals surface area contributed by atoms with Crippen LogP contribution in [-0.2, 0) is 0 Å². The average molecular weight is 208 g/mol. The first kappa shape index (κ1) is 10.3. The van der Waals surface area contributed by atoms with Crippen molar-refractivity contribution < 1.29 is 0 Å². The highest BCUT2D eigenvalue weighted by molar-refractivity contribution is 5.61. The molecule has 0 spiro atoms. The van der Waals surface area contributed by atoms with Gasteiger partial charge in [-0.05, 0) is 42.8 Å². The van der Waals surface area contributed by atoms with E-state index in [1.54, 1.807) is 6.07 Å². The lowest BCUT2D eigenvalue weighted by Crippen LogP contribution is -1.90. The van der Waals surface area contributed by atoms with Gasteiger partial charge >= 0.3 is 0 Å². The van der Waals surface area contributed by atoms with Crippen molar-refractivity contribution in [3.8, 4) is 6.07 Å². The van der Waals surface area contributed by atoms with Crippen LogP contribution in [0.4, 0.5) is 11.4 Å². The number of hydrogen-bond acceptors (Lipinski definition) is 2. The van der Waals surface area contributed by atoms with Crippen molar-refractivity contribution in [2.24, 2.45) is 0 Å². The molecule has 0 amide bonds. The van der Waals surface area contributed by atoms with Crippen LogP contribution in [0, 0.1) is 18.3 Å². The molecule has 2 rings (SSSR count). The number of anilines is 2. The van der Waals surface area contributed by atoms with Gasteiger partial charge in [-0.2, -0.15) is 5.26 Å². The molecule has 0 fully saturated rings. The zero-order valence-electron chi connectivity index (χ0n) is 9.07. The smallest absolute Gasteiger partial charge is 0.0992 e. The second-order valence-corrected chi connectivity index (χ2v) is 3.69. The summed E-state index contributed by atoms with van der Waals surface area (Å²) >= 11 is 0. The molecule has 0 saturated carbocycles. The van der Waals surface area contributed by atoms with Crippen molar-refractivity contribution in [3.05, 3.63) is 59.7 Å². The summed E-state index contributed by atoms with van der Waals surface area (Å²) in [7, 11) is 0. The van der Waals surface area contributed by atoms with E-state index in [1.165, 1.54) is 5.56 Å². The second kappa shape index (κ2) is 4.50. The Kier molecular flexibility index (Phi) is 2.88. The monoisotopic (exact) mass is 208 g/mol. The largest absolute Gasteiger partial charge is 0.355 e. The zero-order chi connectivity index (χ0) is 11.4. The Morgan fingerprint density at radius 2 is 1.69 bits per heavy atom. The molecule has 78 valence electrons. The first-order valence-electron chi connectivity index (χ1n) is 5.12. The van der Waals surface area contributed by atoms with Gasteiger partial charge in [0.15, 0.2) is 0 Å². The van der Waals surface area contributed by atoms with Gasteiger partial charge in [0.1, 0.15) is 0 Å². The SMILES string of the molecule is Cc1cccc(Nc2cccc(C#N)c2)c1. The normalized spacial score (nSPS) is 9.50. The van der Waals surface area contributed by atoms with Crippen LogP contribution in [0.5, 0.6) is 0 Å². The number of nitriles is 1. The fourth-order valence-electron chi connectivity index (χ4n) is 1.56. The summed E-state index contributed by atoms with van der Waals surface area (Å²) in [5.74, 6) is 0. The van der Waals surface area contributed by atoms with Gasteiger partial charge < -0.3 is 5.32 Å². The van der Waals surface area contributed by atoms with Crippen molar-refractivity contribution >= 4 is 11.4 Å². The Hall–Kier alpha value is -2.27. The molecular formula is C14H12N2. The quantitative estimate of drug-likeness (QED) is 0.818. The summed E-state index contributed by atoms with van der Waals surface area (Å²) in [6.45, 7) is 2.05. The van der Waals surface area contributed by atoms with E-state index in [1.807, 2.05) is 30.3 Å². The third kappa shape index (κ3) is 2.40. The highest BCUT2D eigenvalue weighted by atomic mass is 14.9. The molecular weight excluding hydrogens is 196 g/mol. The molecule has 0 radical (unpaired) electrons. The summed E-state index contributed by atoms with van der Waals surface area (Å²) in [5, 5.41) is 12.1. The topological polar surface area (TPSA) is 35.8 Å². The van der Waals surface area contributed by atoms with Gasteiger partial charge in [-0.3, -0.25) is 0 Å². The van der Waals surface area contributed by atoms with Crippen molar-refractivity contribution in [2.75, 3.05) is 5.32 Å². The standard InChI is InChI=1S/C14H12N2/c1-11-4-2-6-13(8-11)16-14-7-3-5-12(9-14)10-15/h2-9,16H,1H3. The highest BCUT2D eigenvalue weighted by Gasteiger charge is 1.96. The Balaban J connectivity index is 2.24. The molecule has 16 heavy (non-hydrogen) atoms. The minimum Gasteiger partial charge on any atom is -0.355 e. The van der Waals surface area contributed by atoms with E-state index in [2.05, 4.69) is 30.4 Å². The lowest BCUT2D eigenvalue weighted by Gasteiger charge is -2.07. The van der Waals surface area contributed by atoms with Crippen molar-refractivity contribution in [1.29, 1.82) is 5.26 Å². The molecule has 2 aromatic carbocycles. The molecule has 0 aromatic heterocycles. The maximum Gasteiger partial charge on any atom is 0.0992 e. The van der Waals surface area contributed by atoms with Gasteiger partial charge in [-0.25, -0.2) is 0 Å². The maximum atomic E-state index is 8.79. The highest BCUT2D eigenvalue weighted by Crippen LogP contribution is 2.18. The summed E-state index contributed by atoms with van der Waals surface area (Å²) in [6.07, 6.45) is 0. The number of nitrogens with zero attached hydrogens (tertiary/aromatic N) is 1. The predicted octanol–water partition coefficient (Wildman–Crippen LogP) is 3.61. The molecule has 0 aliphatic heterocycles. The van der Waals surface area contributed by atoms with Gasteiger partial charge in [-0.15, -0.1) is 0 Å². The maximum absolute atomic E-state index is 8.79. The van der Waals surface area contributed by atoms with Crippen LogP contribution in [0.15, 0.2) is 48.5 Å². The fraction of sp³-hybridized carbons (Fsp3) is 0.0714. The first-order chi connectivity index (χ1) is 7.78. The van der Waals surface area contributed by atoms with Crippen LogP contribution in [0.1, 0.15) is 11.1 Å². The third-order valence-corrected chi connectivity index (χ3v) is 2.30. The molecule has 2 aromatic rings. The summed E-state index contributed by atoms with van der Waals surface area (Å²) in [5.41, 5.74) is 3.85. The van der Waals surface area contributed by atoms with Crippen LogP contribution in [0.25, 0.3) is 0 Å². The van der Waals surface area contributed by atoms with E-state index in [9.17, 15) is 0 Å². The van der Waals surface area contributed by atoms with Crippen molar-refractivity contribution in [2.45, 2.75) is 6.92 Å². The number of nitrogens with one attached hydrogen (secondary N) is 1. The van der Waals surface area contributed by atoms with Crippen molar-refractivity contribution in [1.82, 2.24) is 0 Å². The van der Waals surface area contributed by atoms with E-state index in [0.29, 0.717) is 5.56 Å². The molecule has 0 saturated heterocycles. The van der Waals surface area contributed by atoms with E-state index in [0.717, 1.165) is 11.4 Å². The second-order valence-electron chi connectivity index (χ2n) is 3.69. The van der Waals surface area contributed by atoms with Gasteiger partial charge in [0.25, 0.3) is 0 Å². The van der Waals surface area contributed by atoms with Crippen LogP contribution in [0.2, 0.25) is 0 Å². The Bertz CT molecular complexity index is 538. The number of aryl methyl sites for hydroxylation is 1. The molecule has 2 nitrogen and oxygen atoms in total. The predicted molar refractivity (Wildman–Crippen MR) is 65.6 cm³/mol. The minimum atomic E-state index is 0.664. The van der Waals surface area contributed by atoms with Crippen molar-refractivity contribution in [3.63, 3.8) is 0 Å². The Morgan fingerprint density at radius 1 is 1.00 bits per heavy atom. The molecule has 0 atom stereocenters. The van der Waals surface area contributed by atoms with E-state index < -0.39 is 0 Å². The van der Waals surface area contributed by atoms with Crippen LogP contribution >= 0.6 is 0 Å². The summed E-state index contributed by atoms with van der Waals surface area (Å²) in [6, 6.07) is 17.7. The Labute approximate surface area is 95.2 Å². The zero-order valence-corrected chi connectivity index (χ0v) is 9.07. The van der Waals surface area contributed by atoms with E-state index in [4.69, 9.17) is 5.26 Å². The molecule has 0 aliphatic rings. The van der Waals surface area contributed by atoms with Gasteiger partial charge in [0, 0.05) is 11.4 Å². The molecule has 0 heterocycles. The average Bonchev–Trinajstić information content (AvgIpc) is 2.29. The van der Waals surface area contributed by atoms with Gasteiger partial charge in [0.05, 0.1) is 11.6 Å². The van der Waals surface area contributed by atoms with Crippen LogP contribution in [-0.4, -0.2) is 0 Å². The van der Waals surface area contributed by atoms with Gasteiger partial charge in [-0.1, -0.05) is 18.2 Å². The summed E-state index contributed by atoms with van der Waals surface area (Å²) < 4.78 is 0. The summed E-state index contributed by atoms with van der Waals surface area (Å²) in [4.78, 5) is 0. The number of hydrogen-bond donors (Lipinski definition) is 1. The lowest BCUT2D eigenvalue weighted by atomic mass is 10.2. The van der Waals surface area contributed by atoms with Crippen LogP contribution < -0.4 is 5.32 Å². The third-order valence-electron chi connectivity index (χ3n) is 2.30. The lowest BCUT2D eigenvalue weighted by molar-refractivity contribution is 1.44. The molecule has 0 unspecified atom stereocenters. The Morgan fingerprint density at radius 3 is 2.38 bits per heavy atom. The molecule has 2 heteroatoms. The van der Waals surface area contributed by atoms with Crippen LogP contribution in [0.3, 0.4) is 0 Å². The fourth-order valence-corrected chi connectivity index (χ4v) is 1.56. The van der Waals surface area contributed by atoms with E-state index >= 15 is 0 Å². The number of benzene rings is 2. The molecule has 1 N–H and O–H groups in total. The molecule has 0 aliphatic carbocycles.